The van der Waals surface area contributed by atoms with Crippen molar-refractivity contribution in [3.8, 4) is 6.07 Å². The fraction of sp³-hybridized carbons (Fsp3) is 0.429. The zero-order valence-electron chi connectivity index (χ0n) is 11.1. The smallest absolute Gasteiger partial charge is 0.234 e. The number of nitriles is 1. The van der Waals surface area contributed by atoms with Gasteiger partial charge in [0.15, 0.2) is 0 Å². The van der Waals surface area contributed by atoms with E-state index in [1.54, 1.807) is 6.07 Å². The number of rotatable bonds is 4. The number of hydrogen-bond acceptors (Lipinski definition) is 3. The van der Waals surface area contributed by atoms with Gasteiger partial charge in [0, 0.05) is 12.1 Å². The summed E-state index contributed by atoms with van der Waals surface area (Å²) in [7, 11) is 0. The molecule has 1 aromatic carbocycles. The van der Waals surface area contributed by atoms with Crippen molar-refractivity contribution in [2.45, 2.75) is 32.9 Å². The van der Waals surface area contributed by atoms with E-state index >= 15 is 0 Å². The summed E-state index contributed by atoms with van der Waals surface area (Å²) in [6.45, 7) is 6.69. The van der Waals surface area contributed by atoms with Crippen LogP contribution in [0.5, 0.6) is 0 Å². The average Bonchev–Trinajstić information content (AvgIpc) is 2.27. The van der Waals surface area contributed by atoms with Gasteiger partial charge < -0.3 is 10.6 Å². The maximum atomic E-state index is 11.5. The molecule has 0 atom stereocenters. The molecule has 0 spiro atoms. The largest absolute Gasteiger partial charge is 0.350 e. The molecule has 96 valence electrons. The fourth-order valence-corrected chi connectivity index (χ4v) is 1.53. The highest BCUT2D eigenvalue weighted by Gasteiger charge is 2.12. The van der Waals surface area contributed by atoms with Gasteiger partial charge in [-0.2, -0.15) is 5.26 Å². The van der Waals surface area contributed by atoms with Crippen LogP contribution in [0.3, 0.4) is 0 Å². The van der Waals surface area contributed by atoms with Crippen molar-refractivity contribution < 1.29 is 4.79 Å². The average molecular weight is 245 g/mol. The SMILES string of the molecule is CC(C)(C)NC(=O)CNCc1cccc(C#N)c1. The molecule has 4 heteroatoms. The molecule has 0 aliphatic carbocycles. The summed E-state index contributed by atoms with van der Waals surface area (Å²) < 4.78 is 0. The van der Waals surface area contributed by atoms with Crippen molar-refractivity contribution in [3.05, 3.63) is 35.4 Å². The van der Waals surface area contributed by atoms with Gasteiger partial charge in [-0.1, -0.05) is 12.1 Å². The first-order valence-corrected chi connectivity index (χ1v) is 5.91. The molecule has 0 saturated heterocycles. The minimum Gasteiger partial charge on any atom is -0.350 e. The Bertz CT molecular complexity index is 455. The minimum atomic E-state index is -0.209. The molecule has 0 bridgehead atoms. The predicted molar refractivity (Wildman–Crippen MR) is 70.8 cm³/mol. The zero-order chi connectivity index (χ0) is 13.6. The van der Waals surface area contributed by atoms with Crippen LogP contribution in [0.25, 0.3) is 0 Å². The van der Waals surface area contributed by atoms with Crippen LogP contribution in [0, 0.1) is 11.3 Å². The molecule has 0 aliphatic heterocycles. The van der Waals surface area contributed by atoms with Crippen LogP contribution in [-0.2, 0) is 11.3 Å². The lowest BCUT2D eigenvalue weighted by molar-refractivity contribution is -0.121. The summed E-state index contributed by atoms with van der Waals surface area (Å²) in [6, 6.07) is 9.43. The van der Waals surface area contributed by atoms with Crippen molar-refractivity contribution in [3.63, 3.8) is 0 Å². The number of carbonyl (C=O) groups excluding carboxylic acids is 1. The third-order valence-electron chi connectivity index (χ3n) is 2.19. The van der Waals surface area contributed by atoms with Crippen molar-refractivity contribution in [2.24, 2.45) is 0 Å². The Hall–Kier alpha value is -1.86. The predicted octanol–water partition coefficient (Wildman–Crippen LogP) is 1.56. The molecule has 2 N–H and O–H groups in total. The van der Waals surface area contributed by atoms with E-state index in [4.69, 9.17) is 5.26 Å². The molecule has 0 unspecified atom stereocenters. The lowest BCUT2D eigenvalue weighted by atomic mass is 10.1. The highest BCUT2D eigenvalue weighted by Crippen LogP contribution is 2.03. The van der Waals surface area contributed by atoms with Gasteiger partial charge in [0.25, 0.3) is 0 Å². The van der Waals surface area contributed by atoms with Crippen molar-refractivity contribution >= 4 is 5.91 Å². The Morgan fingerprint density at radius 2 is 2.11 bits per heavy atom. The van der Waals surface area contributed by atoms with Crippen LogP contribution in [0.4, 0.5) is 0 Å². The molecule has 0 radical (unpaired) electrons. The first-order valence-electron chi connectivity index (χ1n) is 5.91. The van der Waals surface area contributed by atoms with Crippen LogP contribution in [0.1, 0.15) is 31.9 Å². The van der Waals surface area contributed by atoms with Crippen molar-refractivity contribution in [2.75, 3.05) is 6.54 Å². The third-order valence-corrected chi connectivity index (χ3v) is 2.19. The molecule has 4 nitrogen and oxygen atoms in total. The van der Waals surface area contributed by atoms with Gasteiger partial charge in [0.1, 0.15) is 0 Å². The molecule has 1 aromatic rings. The number of amides is 1. The quantitative estimate of drug-likeness (QED) is 0.846. The summed E-state index contributed by atoms with van der Waals surface area (Å²) in [5.41, 5.74) is 1.42. The van der Waals surface area contributed by atoms with E-state index < -0.39 is 0 Å². The highest BCUT2D eigenvalue weighted by molar-refractivity contribution is 5.78. The fourth-order valence-electron chi connectivity index (χ4n) is 1.53. The van der Waals surface area contributed by atoms with E-state index in [1.807, 2.05) is 39.0 Å². The first kappa shape index (κ1) is 14.2. The van der Waals surface area contributed by atoms with Gasteiger partial charge in [-0.25, -0.2) is 0 Å². The van der Waals surface area contributed by atoms with Crippen LogP contribution >= 0.6 is 0 Å². The Morgan fingerprint density at radius 1 is 1.39 bits per heavy atom. The maximum absolute atomic E-state index is 11.5. The van der Waals surface area contributed by atoms with Crippen molar-refractivity contribution in [1.29, 1.82) is 5.26 Å². The van der Waals surface area contributed by atoms with E-state index in [0.717, 1.165) is 5.56 Å². The normalized spacial score (nSPS) is 10.8. The molecular weight excluding hydrogens is 226 g/mol. The minimum absolute atomic E-state index is 0.0288. The Morgan fingerprint density at radius 3 is 2.72 bits per heavy atom. The molecule has 1 rings (SSSR count). The summed E-state index contributed by atoms with van der Waals surface area (Å²) in [6.07, 6.45) is 0. The first-order chi connectivity index (χ1) is 8.40. The van der Waals surface area contributed by atoms with Gasteiger partial charge in [0.05, 0.1) is 18.2 Å². The number of nitrogens with one attached hydrogen (secondary N) is 2. The van der Waals surface area contributed by atoms with Crippen LogP contribution in [0.2, 0.25) is 0 Å². The maximum Gasteiger partial charge on any atom is 0.234 e. The second-order valence-corrected chi connectivity index (χ2v) is 5.21. The van der Waals surface area contributed by atoms with Crippen molar-refractivity contribution in [1.82, 2.24) is 10.6 Å². The van der Waals surface area contributed by atoms with E-state index in [2.05, 4.69) is 16.7 Å². The van der Waals surface area contributed by atoms with E-state index in [-0.39, 0.29) is 18.0 Å². The summed E-state index contributed by atoms with van der Waals surface area (Å²) in [5.74, 6) is -0.0288. The van der Waals surface area contributed by atoms with Crippen LogP contribution in [0.15, 0.2) is 24.3 Å². The van der Waals surface area contributed by atoms with E-state index in [9.17, 15) is 4.79 Å². The Balaban J connectivity index is 2.38. The molecule has 1 amide bonds. The molecule has 0 saturated carbocycles. The lowest BCUT2D eigenvalue weighted by Gasteiger charge is -2.20. The molecule has 0 aliphatic rings. The second-order valence-electron chi connectivity index (χ2n) is 5.21. The molecular formula is C14H19N3O. The van der Waals surface area contributed by atoms with Gasteiger partial charge in [0.2, 0.25) is 5.91 Å². The van der Waals surface area contributed by atoms with Crippen LogP contribution < -0.4 is 10.6 Å². The zero-order valence-corrected chi connectivity index (χ0v) is 11.1. The summed E-state index contributed by atoms with van der Waals surface area (Å²) in [4.78, 5) is 11.5. The van der Waals surface area contributed by atoms with Gasteiger partial charge in [-0.15, -0.1) is 0 Å². The molecule has 18 heavy (non-hydrogen) atoms. The molecule has 0 fully saturated rings. The monoisotopic (exact) mass is 245 g/mol. The van der Waals surface area contributed by atoms with Gasteiger partial charge in [-0.05, 0) is 38.5 Å². The number of nitrogens with zero attached hydrogens (tertiary/aromatic N) is 1. The summed E-state index contributed by atoms with van der Waals surface area (Å²) >= 11 is 0. The highest BCUT2D eigenvalue weighted by atomic mass is 16.2. The van der Waals surface area contributed by atoms with Gasteiger partial charge >= 0.3 is 0 Å². The van der Waals surface area contributed by atoms with E-state index in [0.29, 0.717) is 12.1 Å². The third kappa shape index (κ3) is 5.46. The second kappa shape index (κ2) is 6.18. The lowest BCUT2D eigenvalue weighted by Crippen LogP contribution is -2.44. The van der Waals surface area contributed by atoms with Gasteiger partial charge in [-0.3, -0.25) is 4.79 Å². The van der Waals surface area contributed by atoms with Crippen LogP contribution in [-0.4, -0.2) is 18.0 Å². The standard InChI is InChI=1S/C14H19N3O/c1-14(2,3)17-13(18)10-16-9-12-6-4-5-11(7-12)8-15/h4-7,16H,9-10H2,1-3H3,(H,17,18). The molecule has 0 aromatic heterocycles. The summed E-state index contributed by atoms with van der Waals surface area (Å²) in [5, 5.41) is 14.7. The number of hydrogen-bond donors (Lipinski definition) is 2. The topological polar surface area (TPSA) is 64.9 Å². The van der Waals surface area contributed by atoms with E-state index in [1.165, 1.54) is 0 Å². The Kier molecular flexibility index (Phi) is 4.87. The molecule has 0 heterocycles. The Labute approximate surface area is 108 Å². The number of carbonyl (C=O) groups is 1. The number of benzene rings is 1.